The molecule has 0 radical (unpaired) electrons. The van der Waals surface area contributed by atoms with E-state index in [1.165, 1.54) is 0 Å². The van der Waals surface area contributed by atoms with Crippen molar-refractivity contribution in [3.63, 3.8) is 0 Å². The molecule has 3 heteroatoms. The lowest BCUT2D eigenvalue weighted by Crippen LogP contribution is -2.36. The van der Waals surface area contributed by atoms with E-state index in [1.54, 1.807) is 7.11 Å². The van der Waals surface area contributed by atoms with Gasteiger partial charge in [0.05, 0.1) is 7.11 Å². The molecule has 0 bridgehead atoms. The van der Waals surface area contributed by atoms with Gasteiger partial charge in [0.15, 0.2) is 0 Å². The molecule has 0 aromatic heterocycles. The minimum absolute atomic E-state index is 0.0487. The summed E-state index contributed by atoms with van der Waals surface area (Å²) in [6.07, 6.45) is 1.85. The van der Waals surface area contributed by atoms with Crippen LogP contribution in [-0.2, 0) is 11.3 Å². The molecule has 0 heterocycles. The molecule has 0 N–H and O–H groups in total. The maximum Gasteiger partial charge on any atom is 0.226 e. The quantitative estimate of drug-likeness (QED) is 0.656. The minimum atomic E-state index is -0.187. The van der Waals surface area contributed by atoms with Crippen LogP contribution in [0.4, 0.5) is 0 Å². The monoisotopic (exact) mass is 337 g/mol. The van der Waals surface area contributed by atoms with Crippen molar-refractivity contribution >= 4 is 5.91 Å². The molecule has 2 aromatic rings. The Morgan fingerprint density at radius 1 is 1.20 bits per heavy atom. The average Bonchev–Trinajstić information content (AvgIpc) is 2.67. The van der Waals surface area contributed by atoms with Gasteiger partial charge in [-0.25, -0.2) is 0 Å². The summed E-state index contributed by atoms with van der Waals surface area (Å²) in [5, 5.41) is 0. The van der Waals surface area contributed by atoms with Crippen molar-refractivity contribution in [2.45, 2.75) is 26.3 Å². The molecule has 0 aliphatic carbocycles. The lowest BCUT2D eigenvalue weighted by Gasteiger charge is -2.28. The summed E-state index contributed by atoms with van der Waals surface area (Å²) in [4.78, 5) is 15.0. The number of hydrogen-bond acceptors (Lipinski definition) is 2. The van der Waals surface area contributed by atoms with Gasteiger partial charge in [-0.1, -0.05) is 55.5 Å². The Hall–Kier alpha value is -2.55. The molecule has 0 unspecified atom stereocenters. The van der Waals surface area contributed by atoms with Gasteiger partial charge in [0.2, 0.25) is 5.91 Å². The van der Waals surface area contributed by atoms with Crippen LogP contribution in [0, 0.1) is 5.92 Å². The van der Waals surface area contributed by atoms with E-state index in [0.717, 1.165) is 16.9 Å². The smallest absolute Gasteiger partial charge is 0.226 e. The Kier molecular flexibility index (Phi) is 6.81. The molecular weight excluding hydrogens is 310 g/mol. The molecule has 0 aliphatic rings. The molecule has 3 nitrogen and oxygen atoms in total. The van der Waals surface area contributed by atoms with Crippen molar-refractivity contribution in [2.24, 2.45) is 5.92 Å². The molecule has 2 rings (SSSR count). The van der Waals surface area contributed by atoms with E-state index in [4.69, 9.17) is 4.74 Å². The van der Waals surface area contributed by atoms with Crippen molar-refractivity contribution in [2.75, 3.05) is 13.7 Å². The van der Waals surface area contributed by atoms with Crippen LogP contribution in [0.5, 0.6) is 5.75 Å². The zero-order chi connectivity index (χ0) is 18.2. The number of allylic oxidation sites excluding steroid dienone is 1. The number of nitrogens with zero attached hydrogens (tertiary/aromatic N) is 1. The van der Waals surface area contributed by atoms with Crippen LogP contribution in [0.1, 0.15) is 30.9 Å². The summed E-state index contributed by atoms with van der Waals surface area (Å²) >= 11 is 0. The summed E-state index contributed by atoms with van der Waals surface area (Å²) < 4.78 is 5.31. The van der Waals surface area contributed by atoms with E-state index in [-0.39, 0.29) is 17.7 Å². The van der Waals surface area contributed by atoms with Crippen LogP contribution < -0.4 is 4.74 Å². The van der Waals surface area contributed by atoms with Gasteiger partial charge < -0.3 is 9.64 Å². The van der Waals surface area contributed by atoms with Gasteiger partial charge in [0.1, 0.15) is 5.75 Å². The molecule has 1 amide bonds. The summed E-state index contributed by atoms with van der Waals surface area (Å²) in [5.41, 5.74) is 2.19. The predicted molar refractivity (Wildman–Crippen MR) is 103 cm³/mol. The molecule has 0 fully saturated rings. The first kappa shape index (κ1) is 18.8. The molecule has 0 spiro atoms. The SMILES string of the molecule is C=C[C@@H](c1cccc(OC)c1)[C@@H](C)C(=O)N(CC)Cc1ccccc1. The van der Waals surface area contributed by atoms with Crippen LogP contribution in [0.15, 0.2) is 67.3 Å². The minimum Gasteiger partial charge on any atom is -0.497 e. The van der Waals surface area contributed by atoms with Gasteiger partial charge in [0, 0.05) is 24.9 Å². The van der Waals surface area contributed by atoms with Gasteiger partial charge in [-0.3, -0.25) is 4.79 Å². The van der Waals surface area contributed by atoms with E-state index in [0.29, 0.717) is 13.1 Å². The number of hydrogen-bond donors (Lipinski definition) is 0. The zero-order valence-corrected chi connectivity index (χ0v) is 15.3. The second kappa shape index (κ2) is 9.07. The maximum atomic E-state index is 13.1. The fourth-order valence-corrected chi connectivity index (χ4v) is 3.07. The van der Waals surface area contributed by atoms with Crippen LogP contribution in [0.2, 0.25) is 0 Å². The molecule has 25 heavy (non-hydrogen) atoms. The number of carbonyl (C=O) groups excluding carboxylic acids is 1. The Morgan fingerprint density at radius 2 is 1.92 bits per heavy atom. The third kappa shape index (κ3) is 4.72. The van der Waals surface area contributed by atoms with Crippen LogP contribution in [0.3, 0.4) is 0 Å². The highest BCUT2D eigenvalue weighted by atomic mass is 16.5. The third-order valence-electron chi connectivity index (χ3n) is 4.57. The first-order chi connectivity index (χ1) is 12.1. The normalized spacial score (nSPS) is 12.9. The highest BCUT2D eigenvalue weighted by Crippen LogP contribution is 2.30. The van der Waals surface area contributed by atoms with Gasteiger partial charge in [-0.15, -0.1) is 6.58 Å². The van der Waals surface area contributed by atoms with E-state index in [1.807, 2.05) is 79.4 Å². The summed E-state index contributed by atoms with van der Waals surface area (Å²) in [5.74, 6) is 0.695. The van der Waals surface area contributed by atoms with Crippen molar-refractivity contribution in [1.29, 1.82) is 0 Å². The Bertz CT molecular complexity index is 696. The highest BCUT2D eigenvalue weighted by molar-refractivity contribution is 5.80. The highest BCUT2D eigenvalue weighted by Gasteiger charge is 2.27. The fraction of sp³-hybridized carbons (Fsp3) is 0.318. The Balaban J connectivity index is 2.18. The first-order valence-corrected chi connectivity index (χ1v) is 8.69. The molecule has 0 saturated carbocycles. The van der Waals surface area contributed by atoms with Crippen LogP contribution >= 0.6 is 0 Å². The number of rotatable bonds is 8. The van der Waals surface area contributed by atoms with E-state index in [2.05, 4.69) is 6.58 Å². The second-order valence-electron chi connectivity index (χ2n) is 6.16. The summed E-state index contributed by atoms with van der Waals surface area (Å²) in [6.45, 7) is 9.25. The number of methoxy groups -OCH3 is 1. The number of carbonyl (C=O) groups is 1. The largest absolute Gasteiger partial charge is 0.497 e. The molecule has 0 saturated heterocycles. The van der Waals surface area contributed by atoms with E-state index in [9.17, 15) is 4.79 Å². The molecular formula is C22H27NO2. The van der Waals surface area contributed by atoms with E-state index >= 15 is 0 Å². The summed E-state index contributed by atoms with van der Waals surface area (Å²) in [6, 6.07) is 17.9. The zero-order valence-electron chi connectivity index (χ0n) is 15.3. The number of ether oxygens (including phenoxy) is 1. The van der Waals surface area contributed by atoms with Crippen molar-refractivity contribution in [3.8, 4) is 5.75 Å². The topological polar surface area (TPSA) is 29.5 Å². The maximum absolute atomic E-state index is 13.1. The predicted octanol–water partition coefficient (Wildman–Crippen LogP) is 4.65. The van der Waals surface area contributed by atoms with Crippen molar-refractivity contribution in [3.05, 3.63) is 78.4 Å². The lowest BCUT2D eigenvalue weighted by atomic mass is 9.86. The second-order valence-corrected chi connectivity index (χ2v) is 6.16. The third-order valence-corrected chi connectivity index (χ3v) is 4.57. The standard InChI is InChI=1S/C22H27NO2/c1-5-21(19-13-10-14-20(15-19)25-4)17(3)22(24)23(6-2)16-18-11-8-7-9-12-18/h5,7-15,17,21H,1,6,16H2,2-4H3/t17-,21-/m1/s1. The van der Waals surface area contributed by atoms with Crippen LogP contribution in [-0.4, -0.2) is 24.5 Å². The lowest BCUT2D eigenvalue weighted by molar-refractivity contribution is -0.135. The van der Waals surface area contributed by atoms with Crippen molar-refractivity contribution < 1.29 is 9.53 Å². The molecule has 2 atom stereocenters. The number of benzene rings is 2. The molecule has 132 valence electrons. The Morgan fingerprint density at radius 3 is 2.52 bits per heavy atom. The van der Waals surface area contributed by atoms with Gasteiger partial charge in [-0.2, -0.15) is 0 Å². The van der Waals surface area contributed by atoms with Gasteiger partial charge >= 0.3 is 0 Å². The van der Waals surface area contributed by atoms with Crippen molar-refractivity contribution in [1.82, 2.24) is 4.90 Å². The summed E-state index contributed by atoms with van der Waals surface area (Å²) in [7, 11) is 1.65. The van der Waals surface area contributed by atoms with Gasteiger partial charge in [0.25, 0.3) is 0 Å². The van der Waals surface area contributed by atoms with Crippen LogP contribution in [0.25, 0.3) is 0 Å². The molecule has 0 aliphatic heterocycles. The molecule has 2 aromatic carbocycles. The Labute approximate surface area is 150 Å². The number of amides is 1. The first-order valence-electron chi connectivity index (χ1n) is 8.69. The van der Waals surface area contributed by atoms with E-state index < -0.39 is 0 Å². The fourth-order valence-electron chi connectivity index (χ4n) is 3.07. The average molecular weight is 337 g/mol. The van der Waals surface area contributed by atoms with Gasteiger partial charge in [-0.05, 0) is 30.2 Å².